The van der Waals surface area contributed by atoms with E-state index in [0.717, 1.165) is 23.5 Å². The van der Waals surface area contributed by atoms with Gasteiger partial charge in [0.2, 0.25) is 6.79 Å². The van der Waals surface area contributed by atoms with Gasteiger partial charge in [0.05, 0.1) is 4.92 Å². The summed E-state index contributed by atoms with van der Waals surface area (Å²) in [7, 11) is 0. The van der Waals surface area contributed by atoms with Crippen molar-refractivity contribution in [3.63, 3.8) is 0 Å². The molecule has 8 heteroatoms. The van der Waals surface area contributed by atoms with Crippen molar-refractivity contribution in [1.29, 1.82) is 0 Å². The predicted molar refractivity (Wildman–Crippen MR) is 93.9 cm³/mol. The molecule has 1 atom stereocenters. The highest BCUT2D eigenvalue weighted by atomic mass is 35.5. The van der Waals surface area contributed by atoms with E-state index in [1.165, 1.54) is 18.2 Å². The Kier molecular flexibility index (Phi) is 4.16. The van der Waals surface area contributed by atoms with Crippen molar-refractivity contribution in [2.45, 2.75) is 12.3 Å². The Hall–Kier alpha value is -2.80. The van der Waals surface area contributed by atoms with Crippen molar-refractivity contribution in [3.05, 3.63) is 62.7 Å². The molecule has 0 N–H and O–H groups in total. The lowest BCUT2D eigenvalue weighted by Crippen LogP contribution is -2.28. The Morgan fingerprint density at radius 1 is 1.19 bits per heavy atom. The molecule has 0 spiro atoms. The predicted octanol–water partition coefficient (Wildman–Crippen LogP) is 3.61. The van der Waals surface area contributed by atoms with Crippen LogP contribution >= 0.6 is 11.6 Å². The van der Waals surface area contributed by atoms with Gasteiger partial charge in [0, 0.05) is 30.6 Å². The van der Waals surface area contributed by atoms with Crippen LogP contribution in [0.4, 0.5) is 5.69 Å². The monoisotopic (exact) mass is 374 g/mol. The second kappa shape index (κ2) is 6.49. The van der Waals surface area contributed by atoms with Crippen molar-refractivity contribution in [3.8, 4) is 11.5 Å². The van der Waals surface area contributed by atoms with Crippen LogP contribution in [-0.4, -0.2) is 35.6 Å². The molecule has 2 aliphatic rings. The maximum atomic E-state index is 12.7. The van der Waals surface area contributed by atoms with E-state index in [9.17, 15) is 14.9 Å². The molecule has 2 heterocycles. The summed E-state index contributed by atoms with van der Waals surface area (Å²) in [5, 5.41) is 11.0. The van der Waals surface area contributed by atoms with Crippen molar-refractivity contribution in [2.75, 3.05) is 19.9 Å². The number of carbonyl (C=O) groups excluding carboxylic acids is 1. The molecular formula is C18H15ClN2O5. The first-order chi connectivity index (χ1) is 12.5. The van der Waals surface area contributed by atoms with E-state index in [2.05, 4.69) is 0 Å². The number of nitrogens with zero attached hydrogens (tertiary/aromatic N) is 2. The summed E-state index contributed by atoms with van der Waals surface area (Å²) in [5.41, 5.74) is 1.10. The largest absolute Gasteiger partial charge is 0.454 e. The van der Waals surface area contributed by atoms with Gasteiger partial charge >= 0.3 is 0 Å². The zero-order valence-electron chi connectivity index (χ0n) is 13.7. The summed E-state index contributed by atoms with van der Waals surface area (Å²) in [4.78, 5) is 24.9. The number of likely N-dealkylation sites (tertiary alicyclic amines) is 1. The molecular weight excluding hydrogens is 360 g/mol. The summed E-state index contributed by atoms with van der Waals surface area (Å²) in [6.07, 6.45) is 0.821. The summed E-state index contributed by atoms with van der Waals surface area (Å²) in [5.74, 6) is 1.41. The van der Waals surface area contributed by atoms with Gasteiger partial charge in [-0.3, -0.25) is 14.9 Å². The molecule has 26 heavy (non-hydrogen) atoms. The lowest BCUT2D eigenvalue weighted by molar-refractivity contribution is -0.384. The molecule has 134 valence electrons. The lowest BCUT2D eigenvalue weighted by atomic mass is 9.98. The number of hydrogen-bond acceptors (Lipinski definition) is 5. The summed E-state index contributed by atoms with van der Waals surface area (Å²) >= 11 is 5.82. The van der Waals surface area contributed by atoms with Crippen LogP contribution in [0, 0.1) is 10.1 Å². The van der Waals surface area contributed by atoms with E-state index in [1.54, 1.807) is 4.90 Å². The van der Waals surface area contributed by atoms with Gasteiger partial charge in [-0.25, -0.2) is 0 Å². The first-order valence-corrected chi connectivity index (χ1v) is 8.53. The minimum Gasteiger partial charge on any atom is -0.454 e. The van der Waals surface area contributed by atoms with E-state index in [1.807, 2.05) is 18.2 Å². The van der Waals surface area contributed by atoms with Gasteiger partial charge in [-0.15, -0.1) is 0 Å². The van der Waals surface area contributed by atoms with Gasteiger partial charge in [0.25, 0.3) is 11.6 Å². The number of rotatable bonds is 3. The Labute approximate surface area is 154 Å². The van der Waals surface area contributed by atoms with Crippen molar-refractivity contribution >= 4 is 23.2 Å². The van der Waals surface area contributed by atoms with Gasteiger partial charge in [0.1, 0.15) is 5.02 Å². The summed E-state index contributed by atoms with van der Waals surface area (Å²) in [6.45, 7) is 1.37. The van der Waals surface area contributed by atoms with Gasteiger partial charge in [-0.05, 0) is 36.2 Å². The van der Waals surface area contributed by atoms with Crippen LogP contribution in [0.15, 0.2) is 36.4 Å². The Bertz CT molecular complexity index is 901. The number of hydrogen-bond donors (Lipinski definition) is 0. The van der Waals surface area contributed by atoms with Gasteiger partial charge < -0.3 is 14.4 Å². The van der Waals surface area contributed by atoms with Crippen LogP contribution in [-0.2, 0) is 0 Å². The standard InChI is InChI=1S/C18H15ClN2O5/c19-14-3-1-12(7-15(14)21(23)24)18(22)20-6-5-13(9-20)11-2-4-16-17(8-11)26-10-25-16/h1-4,7-8,13H,5-6,9-10H2. The highest BCUT2D eigenvalue weighted by Crippen LogP contribution is 2.37. The van der Waals surface area contributed by atoms with Crippen LogP contribution in [0.25, 0.3) is 0 Å². The summed E-state index contributed by atoms with van der Waals surface area (Å²) in [6, 6.07) is 9.96. The van der Waals surface area contributed by atoms with Gasteiger partial charge in [0.15, 0.2) is 11.5 Å². The molecule has 1 amide bonds. The second-order valence-electron chi connectivity index (χ2n) is 6.27. The van der Waals surface area contributed by atoms with E-state index < -0.39 is 4.92 Å². The van der Waals surface area contributed by atoms with Gasteiger partial charge in [-0.1, -0.05) is 17.7 Å². The molecule has 0 aromatic heterocycles. The smallest absolute Gasteiger partial charge is 0.288 e. The van der Waals surface area contributed by atoms with Crippen LogP contribution in [0.3, 0.4) is 0 Å². The topological polar surface area (TPSA) is 81.9 Å². The van der Waals surface area contributed by atoms with Crippen LogP contribution in [0.2, 0.25) is 5.02 Å². The average molecular weight is 375 g/mol. The molecule has 1 fully saturated rings. The number of nitro benzene ring substituents is 1. The van der Waals surface area contributed by atoms with Crippen molar-refractivity contribution in [1.82, 2.24) is 4.90 Å². The highest BCUT2D eigenvalue weighted by Gasteiger charge is 2.30. The Balaban J connectivity index is 1.51. The average Bonchev–Trinajstić information content (AvgIpc) is 3.30. The first kappa shape index (κ1) is 16.7. The fourth-order valence-corrected chi connectivity index (χ4v) is 3.54. The minimum absolute atomic E-state index is 0.0196. The molecule has 4 rings (SSSR count). The van der Waals surface area contributed by atoms with Crippen molar-refractivity contribution in [2.24, 2.45) is 0 Å². The number of ether oxygens (including phenoxy) is 2. The van der Waals surface area contributed by atoms with Crippen molar-refractivity contribution < 1.29 is 19.2 Å². The molecule has 2 aromatic carbocycles. The third-order valence-corrected chi connectivity index (χ3v) is 5.05. The maximum absolute atomic E-state index is 12.7. The number of carbonyl (C=O) groups is 1. The fraction of sp³-hybridized carbons (Fsp3) is 0.278. The molecule has 0 aliphatic carbocycles. The molecule has 0 radical (unpaired) electrons. The number of benzene rings is 2. The second-order valence-corrected chi connectivity index (χ2v) is 6.68. The zero-order chi connectivity index (χ0) is 18.3. The number of fused-ring (bicyclic) bond motifs is 1. The lowest BCUT2D eigenvalue weighted by Gasteiger charge is -2.17. The number of halogens is 1. The van der Waals surface area contributed by atoms with Gasteiger partial charge in [-0.2, -0.15) is 0 Å². The molecule has 1 unspecified atom stereocenters. The van der Waals surface area contributed by atoms with Crippen LogP contribution in [0.5, 0.6) is 11.5 Å². The van der Waals surface area contributed by atoms with E-state index in [4.69, 9.17) is 21.1 Å². The number of amides is 1. The molecule has 2 aliphatic heterocycles. The number of nitro groups is 1. The Morgan fingerprint density at radius 3 is 2.81 bits per heavy atom. The fourth-order valence-electron chi connectivity index (χ4n) is 3.35. The third-order valence-electron chi connectivity index (χ3n) is 4.73. The quantitative estimate of drug-likeness (QED) is 0.605. The Morgan fingerprint density at radius 2 is 2.00 bits per heavy atom. The van der Waals surface area contributed by atoms with E-state index >= 15 is 0 Å². The highest BCUT2D eigenvalue weighted by molar-refractivity contribution is 6.32. The van der Waals surface area contributed by atoms with E-state index in [-0.39, 0.29) is 34.9 Å². The molecule has 1 saturated heterocycles. The maximum Gasteiger partial charge on any atom is 0.288 e. The third kappa shape index (κ3) is 2.94. The van der Waals surface area contributed by atoms with E-state index in [0.29, 0.717) is 13.1 Å². The van der Waals surface area contributed by atoms with Crippen LogP contribution in [0.1, 0.15) is 28.3 Å². The van der Waals surface area contributed by atoms with Crippen LogP contribution < -0.4 is 9.47 Å². The molecule has 0 saturated carbocycles. The zero-order valence-corrected chi connectivity index (χ0v) is 14.4. The molecule has 7 nitrogen and oxygen atoms in total. The summed E-state index contributed by atoms with van der Waals surface area (Å²) < 4.78 is 10.7. The first-order valence-electron chi connectivity index (χ1n) is 8.15. The molecule has 0 bridgehead atoms. The normalized spacial score (nSPS) is 18.2. The SMILES string of the molecule is O=C(c1ccc(Cl)c([N+](=O)[O-])c1)N1CCC(c2ccc3c(c2)OCO3)C1. The minimum atomic E-state index is -0.585. The molecule has 2 aromatic rings.